The molecule has 0 aromatic carbocycles. The van der Waals surface area contributed by atoms with E-state index in [9.17, 15) is 8.78 Å². The van der Waals surface area contributed by atoms with Crippen molar-refractivity contribution in [1.82, 2.24) is 4.98 Å². The van der Waals surface area contributed by atoms with E-state index in [2.05, 4.69) is 20.9 Å². The first-order valence-electron chi connectivity index (χ1n) is 4.06. The third kappa shape index (κ3) is 2.42. The zero-order valence-electron chi connectivity index (χ0n) is 7.21. The smallest absolute Gasteiger partial charge is 0.249 e. The van der Waals surface area contributed by atoms with Gasteiger partial charge in [0.1, 0.15) is 0 Å². The van der Waals surface area contributed by atoms with E-state index in [4.69, 9.17) is 0 Å². The Labute approximate surface area is 95.5 Å². The van der Waals surface area contributed by atoms with Crippen LogP contribution >= 0.6 is 28.3 Å². The summed E-state index contributed by atoms with van der Waals surface area (Å²) in [6.45, 7) is 0. The average molecular weight is 285 g/mol. The van der Waals surface area contributed by atoms with Crippen molar-refractivity contribution in [2.24, 2.45) is 0 Å². The summed E-state index contributed by atoms with van der Waals surface area (Å²) in [5, 5.41) is 0. The van der Waals surface area contributed by atoms with E-state index in [0.29, 0.717) is 0 Å². The minimum Gasteiger partial charge on any atom is -0.260 e. The Morgan fingerprint density at radius 1 is 1.36 bits per heavy atom. The van der Waals surface area contributed by atoms with Crippen molar-refractivity contribution in [2.45, 2.75) is 24.7 Å². The number of hydrogen-bond acceptors (Lipinski definition) is 1. The lowest BCUT2D eigenvalue weighted by atomic mass is 9.79. The van der Waals surface area contributed by atoms with E-state index < -0.39 is 5.92 Å². The molecule has 1 aliphatic carbocycles. The molecule has 0 bridgehead atoms. The molecule has 1 aliphatic rings. The highest BCUT2D eigenvalue weighted by Gasteiger charge is 2.46. The summed E-state index contributed by atoms with van der Waals surface area (Å²) in [6.07, 6.45) is 1.54. The normalized spacial score (nSPS) is 19.6. The molecule has 0 saturated heterocycles. The van der Waals surface area contributed by atoms with Gasteiger partial charge in [-0.1, -0.05) is 0 Å². The zero-order chi connectivity index (χ0) is 9.47. The fourth-order valence-corrected chi connectivity index (χ4v) is 1.73. The maximum atomic E-state index is 12.5. The van der Waals surface area contributed by atoms with Crippen LogP contribution in [0.5, 0.6) is 0 Å². The van der Waals surface area contributed by atoms with Gasteiger partial charge in [0, 0.05) is 35.1 Å². The number of aromatic nitrogens is 1. The van der Waals surface area contributed by atoms with Crippen LogP contribution in [0.1, 0.15) is 24.5 Å². The van der Waals surface area contributed by atoms with E-state index in [0.717, 1.165) is 10.2 Å². The zero-order valence-corrected chi connectivity index (χ0v) is 9.62. The van der Waals surface area contributed by atoms with Crippen molar-refractivity contribution in [2.75, 3.05) is 0 Å². The van der Waals surface area contributed by atoms with Crippen molar-refractivity contribution in [3.8, 4) is 0 Å². The molecule has 1 aromatic heterocycles. The lowest BCUT2D eigenvalue weighted by Gasteiger charge is -2.34. The minimum absolute atomic E-state index is 0. The average Bonchev–Trinajstić information content (AvgIpc) is 2.01. The second-order valence-corrected chi connectivity index (χ2v) is 4.28. The van der Waals surface area contributed by atoms with Gasteiger partial charge in [-0.25, -0.2) is 8.78 Å². The van der Waals surface area contributed by atoms with Crippen LogP contribution in [0.2, 0.25) is 0 Å². The third-order valence-corrected chi connectivity index (χ3v) is 2.73. The Bertz CT molecular complexity index is 307. The quantitative estimate of drug-likeness (QED) is 0.765. The molecule has 1 aromatic rings. The van der Waals surface area contributed by atoms with Gasteiger partial charge in [0.15, 0.2) is 0 Å². The molecule has 0 radical (unpaired) electrons. The molecule has 1 saturated carbocycles. The van der Waals surface area contributed by atoms with Crippen molar-refractivity contribution >= 4 is 28.3 Å². The molecule has 0 N–H and O–H groups in total. The maximum absolute atomic E-state index is 12.5. The summed E-state index contributed by atoms with van der Waals surface area (Å²) in [7, 11) is 0. The molecule has 1 heterocycles. The molecule has 2 rings (SSSR count). The number of halogens is 4. The summed E-state index contributed by atoms with van der Waals surface area (Å²) < 4.78 is 25.9. The van der Waals surface area contributed by atoms with Crippen LogP contribution < -0.4 is 0 Å². The lowest BCUT2D eigenvalue weighted by Crippen LogP contribution is -2.34. The Morgan fingerprint density at radius 2 is 2.00 bits per heavy atom. The Kier molecular flexibility index (Phi) is 3.48. The molecule has 0 aliphatic heterocycles. The molecule has 78 valence electrons. The predicted octanol–water partition coefficient (Wildman–Crippen LogP) is 3.78. The van der Waals surface area contributed by atoms with Crippen molar-refractivity contribution < 1.29 is 8.78 Å². The highest BCUT2D eigenvalue weighted by atomic mass is 79.9. The molecule has 0 unspecified atom stereocenters. The molecular formula is C9H9BrClF2N. The van der Waals surface area contributed by atoms with Gasteiger partial charge in [0.2, 0.25) is 5.92 Å². The molecule has 0 spiro atoms. The van der Waals surface area contributed by atoms with E-state index in [1.807, 2.05) is 6.07 Å². The summed E-state index contributed by atoms with van der Waals surface area (Å²) >= 11 is 3.25. The van der Waals surface area contributed by atoms with Gasteiger partial charge in [0.25, 0.3) is 0 Å². The van der Waals surface area contributed by atoms with Gasteiger partial charge in [0.05, 0.1) is 0 Å². The molecule has 0 atom stereocenters. The number of hydrogen-bond donors (Lipinski definition) is 0. The van der Waals surface area contributed by atoms with Crippen LogP contribution in [0.25, 0.3) is 0 Å². The number of nitrogens with zero attached hydrogens (tertiary/aromatic N) is 1. The summed E-state index contributed by atoms with van der Waals surface area (Å²) in [4.78, 5) is 4.09. The number of alkyl halides is 2. The van der Waals surface area contributed by atoms with Gasteiger partial charge < -0.3 is 0 Å². The summed E-state index contributed by atoms with van der Waals surface area (Å²) in [5.74, 6) is -2.51. The topological polar surface area (TPSA) is 12.9 Å². The first kappa shape index (κ1) is 11.9. The fourth-order valence-electron chi connectivity index (χ4n) is 1.50. The van der Waals surface area contributed by atoms with Gasteiger partial charge >= 0.3 is 0 Å². The second-order valence-electron chi connectivity index (χ2n) is 3.36. The van der Waals surface area contributed by atoms with Crippen LogP contribution in [-0.2, 0) is 0 Å². The van der Waals surface area contributed by atoms with E-state index in [-0.39, 0.29) is 31.2 Å². The first-order valence-corrected chi connectivity index (χ1v) is 4.85. The molecule has 1 fully saturated rings. The Morgan fingerprint density at radius 3 is 2.43 bits per heavy atom. The molecule has 0 amide bonds. The van der Waals surface area contributed by atoms with Gasteiger partial charge in [-0.3, -0.25) is 4.98 Å². The van der Waals surface area contributed by atoms with E-state index >= 15 is 0 Å². The number of pyridine rings is 1. The minimum atomic E-state index is -2.46. The maximum Gasteiger partial charge on any atom is 0.249 e. The second kappa shape index (κ2) is 4.11. The van der Waals surface area contributed by atoms with Crippen LogP contribution in [-0.4, -0.2) is 10.9 Å². The first-order chi connectivity index (χ1) is 6.07. The van der Waals surface area contributed by atoms with Crippen LogP contribution in [0.3, 0.4) is 0 Å². The van der Waals surface area contributed by atoms with Crippen LogP contribution in [0.15, 0.2) is 22.8 Å². The molecule has 1 nitrogen and oxygen atoms in total. The van der Waals surface area contributed by atoms with E-state index in [1.54, 1.807) is 12.3 Å². The SMILES string of the molecule is Cl.FC1(F)CC(c2ccc(Br)cn2)C1. The fraction of sp³-hybridized carbons (Fsp3) is 0.444. The largest absolute Gasteiger partial charge is 0.260 e. The van der Waals surface area contributed by atoms with Gasteiger partial charge in [-0.05, 0) is 28.1 Å². The highest BCUT2D eigenvalue weighted by molar-refractivity contribution is 9.10. The third-order valence-electron chi connectivity index (χ3n) is 2.26. The Balaban J connectivity index is 0.000000980. The monoisotopic (exact) mass is 283 g/mol. The van der Waals surface area contributed by atoms with Gasteiger partial charge in [-0.15, -0.1) is 12.4 Å². The standard InChI is InChI=1S/C9H8BrF2N.ClH/c10-7-1-2-8(13-5-7)6-3-9(11,12)4-6;/h1-2,5-6H,3-4H2;1H. The van der Waals surface area contributed by atoms with Crippen LogP contribution in [0, 0.1) is 0 Å². The summed E-state index contributed by atoms with van der Waals surface area (Å²) in [5.41, 5.74) is 0.772. The lowest BCUT2D eigenvalue weighted by molar-refractivity contribution is -0.0876. The van der Waals surface area contributed by atoms with Crippen molar-refractivity contribution in [3.05, 3.63) is 28.5 Å². The summed E-state index contributed by atoms with van der Waals surface area (Å²) in [6, 6.07) is 3.63. The highest BCUT2D eigenvalue weighted by Crippen LogP contribution is 2.47. The predicted molar refractivity (Wildman–Crippen MR) is 56.1 cm³/mol. The van der Waals surface area contributed by atoms with Gasteiger partial charge in [-0.2, -0.15) is 0 Å². The number of rotatable bonds is 1. The van der Waals surface area contributed by atoms with E-state index in [1.165, 1.54) is 0 Å². The molecule has 14 heavy (non-hydrogen) atoms. The van der Waals surface area contributed by atoms with Crippen molar-refractivity contribution in [3.63, 3.8) is 0 Å². The molecule has 5 heteroatoms. The van der Waals surface area contributed by atoms with Crippen molar-refractivity contribution in [1.29, 1.82) is 0 Å². The molecular weight excluding hydrogens is 275 g/mol. The Hall–Kier alpha value is -0.220. The van der Waals surface area contributed by atoms with Crippen LogP contribution in [0.4, 0.5) is 8.78 Å².